The second-order valence-corrected chi connectivity index (χ2v) is 13.1. The third-order valence-corrected chi connectivity index (χ3v) is 11.0. The van der Waals surface area contributed by atoms with E-state index in [2.05, 4.69) is 11.6 Å². The average Bonchev–Trinajstić information content (AvgIpc) is 3.03. The number of piperazine rings is 1. The second-order valence-electron chi connectivity index (χ2n) is 10.2. The van der Waals surface area contributed by atoms with Crippen molar-refractivity contribution in [2.75, 3.05) is 30.9 Å². The Morgan fingerprint density at radius 1 is 1.24 bits per heavy atom. The topological polar surface area (TPSA) is 67.7 Å². The summed E-state index contributed by atoms with van der Waals surface area (Å²) in [5.41, 5.74) is 0.947. The van der Waals surface area contributed by atoms with Crippen LogP contribution in [0.3, 0.4) is 0 Å². The first kappa shape index (κ1) is 25.3. The van der Waals surface area contributed by atoms with Crippen LogP contribution in [0.1, 0.15) is 13.8 Å². The Bertz CT molecular complexity index is 1590. The normalized spacial score (nSPS) is 27.6. The number of rotatable bonds is 3. The molecule has 1 saturated heterocycles. The minimum atomic E-state index is -3.28. The number of amides is 1. The van der Waals surface area contributed by atoms with Crippen molar-refractivity contribution in [1.29, 1.82) is 0 Å². The van der Waals surface area contributed by atoms with E-state index in [9.17, 15) is 14.0 Å². The molecule has 3 aliphatic heterocycles. The fraction of sp³-hybridized carbons (Fsp3) is 0.370. The zero-order valence-corrected chi connectivity index (χ0v) is 22.8. The number of benzene rings is 2. The number of carbonyl (C=O) groups excluding carboxylic acids is 1. The molecule has 7 nitrogen and oxygen atoms in total. The molecule has 4 unspecified atom stereocenters. The van der Waals surface area contributed by atoms with Gasteiger partial charge in [0.15, 0.2) is 0 Å². The largest absolute Gasteiger partial charge is 0.379 e. The molecule has 4 heterocycles. The van der Waals surface area contributed by atoms with Crippen molar-refractivity contribution in [3.8, 4) is 11.1 Å². The molecule has 0 aliphatic carbocycles. The number of anilines is 1. The smallest absolute Gasteiger partial charge is 0.350 e. The number of halogens is 3. The predicted octanol–water partition coefficient (Wildman–Crippen LogP) is 4.92. The Morgan fingerprint density at radius 2 is 1.95 bits per heavy atom. The van der Waals surface area contributed by atoms with Crippen LogP contribution >= 0.6 is 22.0 Å². The standard InChI is InChI=1S/C27H27ClF2N4O3S/c1-5-22(35)34-14(2)10-32(11-15(34)3)26-19-9-20(28)23-18-7-6-16(29)8-21(18)38(30)13-17(37-4)12-33(27(36)31-26)24(19)25(23)38/h5-9,14-15,17H,1,10-13H2,2-4H3. The first-order valence-electron chi connectivity index (χ1n) is 12.4. The van der Waals surface area contributed by atoms with Gasteiger partial charge in [-0.1, -0.05) is 24.2 Å². The lowest BCUT2D eigenvalue weighted by Gasteiger charge is -2.44. The van der Waals surface area contributed by atoms with Crippen LogP contribution in [0.15, 0.2) is 51.5 Å². The molecule has 200 valence electrons. The maximum Gasteiger partial charge on any atom is 0.350 e. The number of fused-ring (bicyclic) bond motifs is 3. The van der Waals surface area contributed by atoms with Gasteiger partial charge in [-0.25, -0.2) is 9.18 Å². The summed E-state index contributed by atoms with van der Waals surface area (Å²) in [5.74, 6) is -0.314. The molecule has 1 aromatic heterocycles. The summed E-state index contributed by atoms with van der Waals surface area (Å²) in [4.78, 5) is 34.8. The summed E-state index contributed by atoms with van der Waals surface area (Å²) in [6, 6.07) is 5.47. The fourth-order valence-electron chi connectivity index (χ4n) is 6.28. The highest BCUT2D eigenvalue weighted by molar-refractivity contribution is 8.30. The molecule has 3 aromatic rings. The molecular weight excluding hydrogens is 534 g/mol. The van der Waals surface area contributed by atoms with Crippen molar-refractivity contribution in [2.24, 2.45) is 0 Å². The molecule has 2 aromatic carbocycles. The number of ether oxygens (including phenoxy) is 1. The molecule has 0 bridgehead atoms. The molecule has 1 fully saturated rings. The van der Waals surface area contributed by atoms with Gasteiger partial charge in [-0.2, -0.15) is 8.87 Å². The number of methoxy groups -OCH3 is 1. The van der Waals surface area contributed by atoms with Crippen molar-refractivity contribution >= 4 is 44.6 Å². The van der Waals surface area contributed by atoms with E-state index in [0.717, 1.165) is 0 Å². The monoisotopic (exact) mass is 560 g/mol. The highest BCUT2D eigenvalue weighted by atomic mass is 35.5. The molecule has 0 saturated carbocycles. The van der Waals surface area contributed by atoms with Gasteiger partial charge in [0.25, 0.3) is 0 Å². The summed E-state index contributed by atoms with van der Waals surface area (Å²) >= 11 is 6.86. The molecular formula is C27H27ClF2N4O3S. The number of hydrogen-bond donors (Lipinski definition) is 0. The van der Waals surface area contributed by atoms with Crippen molar-refractivity contribution in [3.63, 3.8) is 0 Å². The van der Waals surface area contributed by atoms with Crippen LogP contribution in [0, 0.1) is 5.82 Å². The first-order valence-corrected chi connectivity index (χ1v) is 14.5. The maximum absolute atomic E-state index is 17.4. The number of nitrogens with zero attached hydrogens (tertiary/aromatic N) is 4. The molecule has 11 heteroatoms. The molecule has 0 N–H and O–H groups in total. The van der Waals surface area contributed by atoms with Crippen molar-refractivity contribution in [2.45, 2.75) is 48.4 Å². The molecule has 0 radical (unpaired) electrons. The maximum atomic E-state index is 17.4. The summed E-state index contributed by atoms with van der Waals surface area (Å²) < 4.78 is 38.9. The molecule has 0 spiro atoms. The summed E-state index contributed by atoms with van der Waals surface area (Å²) in [6.07, 6.45) is 0.678. The van der Waals surface area contributed by atoms with Gasteiger partial charge in [-0.05, 0) is 54.1 Å². The van der Waals surface area contributed by atoms with Crippen molar-refractivity contribution in [1.82, 2.24) is 14.5 Å². The van der Waals surface area contributed by atoms with Crippen LogP contribution in [0.4, 0.5) is 14.1 Å². The van der Waals surface area contributed by atoms with E-state index in [-0.39, 0.29) is 35.2 Å². The fourth-order valence-corrected chi connectivity index (χ4v) is 9.85. The van der Waals surface area contributed by atoms with E-state index >= 15 is 3.89 Å². The lowest BCUT2D eigenvalue weighted by Crippen LogP contribution is -2.58. The molecule has 3 aliphatic rings. The Morgan fingerprint density at radius 3 is 2.61 bits per heavy atom. The van der Waals surface area contributed by atoms with Gasteiger partial charge in [-0.15, -0.1) is 0 Å². The Kier molecular flexibility index (Phi) is 5.86. The van der Waals surface area contributed by atoms with Gasteiger partial charge in [0.05, 0.1) is 28.1 Å². The quantitative estimate of drug-likeness (QED) is 0.426. The number of carbonyl (C=O) groups is 1. The van der Waals surface area contributed by atoms with Crippen LogP contribution < -0.4 is 10.6 Å². The first-order chi connectivity index (χ1) is 18.1. The SMILES string of the molecule is C=CC(=O)N1C(C)CN(c2nc(=O)n3c4c5c(c(Cl)cc24)-c2ccc(F)cc2S5(F)CC(OC)C3)CC1C. The number of aromatic nitrogens is 2. The van der Waals surface area contributed by atoms with Gasteiger partial charge >= 0.3 is 5.69 Å². The average molecular weight is 561 g/mol. The Labute approximate surface area is 225 Å². The third kappa shape index (κ3) is 3.46. The minimum Gasteiger partial charge on any atom is -0.379 e. The minimum absolute atomic E-state index is 0.0186. The summed E-state index contributed by atoms with van der Waals surface area (Å²) in [6.45, 7) is 8.42. The van der Waals surface area contributed by atoms with E-state index in [1.165, 1.54) is 29.9 Å². The molecule has 38 heavy (non-hydrogen) atoms. The zero-order valence-electron chi connectivity index (χ0n) is 21.2. The van der Waals surface area contributed by atoms with E-state index in [1.54, 1.807) is 17.0 Å². The highest BCUT2D eigenvalue weighted by Gasteiger charge is 2.47. The van der Waals surface area contributed by atoms with Gasteiger partial charge < -0.3 is 14.5 Å². The molecule has 6 rings (SSSR count). The molecule has 1 amide bonds. The van der Waals surface area contributed by atoms with Crippen LogP contribution in [0.5, 0.6) is 0 Å². The zero-order chi connectivity index (χ0) is 27.1. The molecule has 4 atom stereocenters. The lowest BCUT2D eigenvalue weighted by atomic mass is 10.0. The van der Waals surface area contributed by atoms with E-state index in [4.69, 9.17) is 16.3 Å². The van der Waals surface area contributed by atoms with E-state index in [0.29, 0.717) is 50.9 Å². The van der Waals surface area contributed by atoms with E-state index in [1.807, 2.05) is 18.7 Å². The summed E-state index contributed by atoms with van der Waals surface area (Å²) in [7, 11) is -1.80. The van der Waals surface area contributed by atoms with Crippen LogP contribution in [0.25, 0.3) is 22.0 Å². The summed E-state index contributed by atoms with van der Waals surface area (Å²) in [5, 5.41) is 0.869. The Balaban J connectivity index is 1.63. The van der Waals surface area contributed by atoms with Crippen LogP contribution in [0.2, 0.25) is 5.02 Å². The second kappa shape index (κ2) is 8.79. The van der Waals surface area contributed by atoms with Crippen molar-refractivity contribution in [3.05, 3.63) is 58.2 Å². The predicted molar refractivity (Wildman–Crippen MR) is 145 cm³/mol. The van der Waals surface area contributed by atoms with Gasteiger partial charge in [-0.3, -0.25) is 9.36 Å². The van der Waals surface area contributed by atoms with Crippen molar-refractivity contribution < 1.29 is 17.8 Å². The highest BCUT2D eigenvalue weighted by Crippen LogP contribution is 2.76. The van der Waals surface area contributed by atoms with Crippen LogP contribution in [-0.2, 0) is 16.1 Å². The Hall–Kier alpha value is -2.95. The van der Waals surface area contributed by atoms with Gasteiger partial charge in [0.2, 0.25) is 5.91 Å². The van der Waals surface area contributed by atoms with Gasteiger partial charge in [0, 0.05) is 53.9 Å². The third-order valence-electron chi connectivity index (χ3n) is 7.82. The van der Waals surface area contributed by atoms with Gasteiger partial charge in [0.1, 0.15) is 11.6 Å². The number of hydrogen-bond acceptors (Lipinski definition) is 5. The van der Waals surface area contributed by atoms with E-state index < -0.39 is 28.0 Å². The van der Waals surface area contributed by atoms with Crippen LogP contribution in [-0.4, -0.2) is 64.5 Å². The lowest BCUT2D eigenvalue weighted by molar-refractivity contribution is -0.130.